The third-order valence-electron chi connectivity index (χ3n) is 2.70. The number of methoxy groups -OCH3 is 4. The molecule has 0 saturated carbocycles. The van der Waals surface area contributed by atoms with Gasteiger partial charge in [0.05, 0.1) is 0 Å². The fraction of sp³-hybridized carbons (Fsp3) is 0.462. The van der Waals surface area contributed by atoms with Gasteiger partial charge in [-0.3, -0.25) is 4.79 Å². The lowest BCUT2D eigenvalue weighted by molar-refractivity contribution is -0.235. The van der Waals surface area contributed by atoms with Crippen molar-refractivity contribution in [3.8, 4) is 0 Å². The van der Waals surface area contributed by atoms with E-state index in [1.807, 2.05) is 6.07 Å². The van der Waals surface area contributed by atoms with Crippen molar-refractivity contribution in [2.75, 3.05) is 28.4 Å². The third kappa shape index (κ3) is 2.59. The first-order valence-corrected chi connectivity index (χ1v) is 5.42. The fourth-order valence-electron chi connectivity index (χ4n) is 1.79. The first-order valence-electron chi connectivity index (χ1n) is 5.42. The second-order valence-electron chi connectivity index (χ2n) is 3.56. The van der Waals surface area contributed by atoms with Crippen LogP contribution in [-0.2, 0) is 29.5 Å². The van der Waals surface area contributed by atoms with Crippen LogP contribution in [0.1, 0.15) is 5.56 Å². The minimum absolute atomic E-state index is 0.455. The summed E-state index contributed by atoms with van der Waals surface area (Å²) < 4.78 is 20.5. The lowest BCUT2D eigenvalue weighted by atomic mass is 10.0. The summed E-state index contributed by atoms with van der Waals surface area (Å²) in [7, 11) is 5.56. The number of hydrogen-bond donors (Lipinski definition) is 0. The van der Waals surface area contributed by atoms with Crippen LogP contribution in [0.4, 0.5) is 0 Å². The van der Waals surface area contributed by atoms with Gasteiger partial charge in [-0.25, -0.2) is 0 Å². The Bertz CT molecular complexity index is 368. The van der Waals surface area contributed by atoms with Crippen LogP contribution in [0, 0.1) is 0 Å². The normalized spacial score (nSPS) is 11.8. The summed E-state index contributed by atoms with van der Waals surface area (Å²) in [6.45, 7) is 0. The number of benzene rings is 1. The van der Waals surface area contributed by atoms with Gasteiger partial charge in [0.2, 0.25) is 6.29 Å². The highest BCUT2D eigenvalue weighted by molar-refractivity contribution is 5.90. The zero-order valence-corrected chi connectivity index (χ0v) is 11.0. The zero-order chi connectivity index (χ0) is 13.6. The highest BCUT2D eigenvalue weighted by atomic mass is 16.7. The number of hydrogen-bond acceptors (Lipinski definition) is 5. The molecule has 18 heavy (non-hydrogen) atoms. The second-order valence-corrected chi connectivity index (χ2v) is 3.56. The Labute approximate surface area is 107 Å². The standard InChI is InChI=1S/C13H18O5/c1-15-12(16-2)11(14)13(17-3,18-4)10-8-6-5-7-9-10/h5-9,12H,1-4H3. The Hall–Kier alpha value is -1.27. The number of carbonyl (C=O) groups is 1. The molecular formula is C13H18O5. The topological polar surface area (TPSA) is 54.0 Å². The smallest absolute Gasteiger partial charge is 0.261 e. The third-order valence-corrected chi connectivity index (χ3v) is 2.70. The Kier molecular flexibility index (Phi) is 5.43. The molecule has 0 heterocycles. The van der Waals surface area contributed by atoms with Gasteiger partial charge in [-0.05, 0) is 0 Å². The summed E-state index contributed by atoms with van der Waals surface area (Å²) in [5.41, 5.74) is 0.582. The van der Waals surface area contributed by atoms with Crippen molar-refractivity contribution in [3.05, 3.63) is 35.9 Å². The van der Waals surface area contributed by atoms with Crippen LogP contribution in [0.5, 0.6) is 0 Å². The van der Waals surface area contributed by atoms with Gasteiger partial charge in [-0.1, -0.05) is 30.3 Å². The van der Waals surface area contributed by atoms with Crippen LogP contribution in [0.25, 0.3) is 0 Å². The predicted octanol–water partition coefficient (Wildman–Crippen LogP) is 1.32. The van der Waals surface area contributed by atoms with E-state index in [-0.39, 0.29) is 0 Å². The van der Waals surface area contributed by atoms with Crippen LogP contribution in [0.2, 0.25) is 0 Å². The number of ketones is 1. The van der Waals surface area contributed by atoms with Crippen LogP contribution in [-0.4, -0.2) is 40.5 Å². The van der Waals surface area contributed by atoms with Gasteiger partial charge in [-0.15, -0.1) is 0 Å². The van der Waals surface area contributed by atoms with Gasteiger partial charge in [0.25, 0.3) is 11.6 Å². The maximum absolute atomic E-state index is 12.4. The summed E-state index contributed by atoms with van der Waals surface area (Å²) in [5, 5.41) is 0. The molecule has 1 aromatic carbocycles. The minimum atomic E-state index is -1.53. The van der Waals surface area contributed by atoms with Gasteiger partial charge in [0.1, 0.15) is 0 Å². The van der Waals surface area contributed by atoms with Crippen LogP contribution in [0.15, 0.2) is 30.3 Å². The first kappa shape index (κ1) is 14.8. The van der Waals surface area contributed by atoms with Crippen molar-refractivity contribution in [1.82, 2.24) is 0 Å². The van der Waals surface area contributed by atoms with Crippen molar-refractivity contribution < 1.29 is 23.7 Å². The summed E-state index contributed by atoms with van der Waals surface area (Å²) in [4.78, 5) is 12.4. The Morgan fingerprint density at radius 3 is 1.89 bits per heavy atom. The lowest BCUT2D eigenvalue weighted by Crippen LogP contribution is -2.47. The van der Waals surface area contributed by atoms with Crippen LogP contribution >= 0.6 is 0 Å². The number of Topliss-reactive ketones (excluding diaryl/α,β-unsaturated/α-hetero) is 1. The van der Waals surface area contributed by atoms with Gasteiger partial charge in [-0.2, -0.15) is 0 Å². The van der Waals surface area contributed by atoms with Crippen molar-refractivity contribution in [2.24, 2.45) is 0 Å². The van der Waals surface area contributed by atoms with Gasteiger partial charge < -0.3 is 18.9 Å². The Morgan fingerprint density at radius 2 is 1.50 bits per heavy atom. The molecule has 0 unspecified atom stereocenters. The lowest BCUT2D eigenvalue weighted by Gasteiger charge is -2.31. The van der Waals surface area contributed by atoms with Crippen molar-refractivity contribution >= 4 is 5.78 Å². The summed E-state index contributed by atoms with van der Waals surface area (Å²) in [6, 6.07) is 8.92. The maximum atomic E-state index is 12.4. The van der Waals surface area contributed by atoms with Gasteiger partial charge in [0, 0.05) is 34.0 Å². The largest absolute Gasteiger partial charge is 0.349 e. The van der Waals surface area contributed by atoms with Crippen molar-refractivity contribution in [3.63, 3.8) is 0 Å². The van der Waals surface area contributed by atoms with E-state index >= 15 is 0 Å². The van der Waals surface area contributed by atoms with E-state index in [1.54, 1.807) is 24.3 Å². The molecule has 0 aliphatic heterocycles. The average Bonchev–Trinajstić information content (AvgIpc) is 2.43. The van der Waals surface area contributed by atoms with Crippen molar-refractivity contribution in [2.45, 2.75) is 12.1 Å². The molecule has 0 spiro atoms. The van der Waals surface area contributed by atoms with Crippen LogP contribution < -0.4 is 0 Å². The quantitative estimate of drug-likeness (QED) is 0.687. The molecule has 0 amide bonds. The summed E-state index contributed by atoms with van der Waals surface area (Å²) in [6.07, 6.45) is -1.05. The molecule has 0 radical (unpaired) electrons. The molecule has 0 atom stereocenters. The van der Waals surface area contributed by atoms with Crippen LogP contribution in [0.3, 0.4) is 0 Å². The summed E-state index contributed by atoms with van der Waals surface area (Å²) >= 11 is 0. The van der Waals surface area contributed by atoms with E-state index in [4.69, 9.17) is 18.9 Å². The Balaban J connectivity index is 3.19. The number of ether oxygens (including phenoxy) is 4. The van der Waals surface area contributed by atoms with E-state index in [2.05, 4.69) is 0 Å². The molecule has 1 aromatic rings. The van der Waals surface area contributed by atoms with E-state index in [0.29, 0.717) is 5.56 Å². The van der Waals surface area contributed by atoms with E-state index < -0.39 is 17.9 Å². The number of carbonyl (C=O) groups excluding carboxylic acids is 1. The van der Waals surface area contributed by atoms with Crippen molar-refractivity contribution in [1.29, 1.82) is 0 Å². The second kappa shape index (κ2) is 6.61. The van der Waals surface area contributed by atoms with E-state index in [1.165, 1.54) is 28.4 Å². The maximum Gasteiger partial charge on any atom is 0.261 e. The molecule has 0 N–H and O–H groups in total. The zero-order valence-electron chi connectivity index (χ0n) is 11.0. The monoisotopic (exact) mass is 254 g/mol. The van der Waals surface area contributed by atoms with Gasteiger partial charge in [0.15, 0.2) is 0 Å². The molecule has 0 aromatic heterocycles. The molecular weight excluding hydrogens is 236 g/mol. The molecule has 100 valence electrons. The molecule has 0 aliphatic rings. The molecule has 0 bridgehead atoms. The van der Waals surface area contributed by atoms with E-state index in [0.717, 1.165) is 0 Å². The fourth-order valence-corrected chi connectivity index (χ4v) is 1.79. The molecule has 1 rings (SSSR count). The summed E-state index contributed by atoms with van der Waals surface area (Å²) in [5.74, 6) is -1.98. The Morgan fingerprint density at radius 1 is 1.00 bits per heavy atom. The minimum Gasteiger partial charge on any atom is -0.349 e. The molecule has 5 heteroatoms. The highest BCUT2D eigenvalue weighted by Gasteiger charge is 2.45. The predicted molar refractivity (Wildman–Crippen MR) is 65.0 cm³/mol. The van der Waals surface area contributed by atoms with E-state index in [9.17, 15) is 4.79 Å². The molecule has 0 fully saturated rings. The SMILES string of the molecule is COC(OC)C(=O)C(OC)(OC)c1ccccc1. The average molecular weight is 254 g/mol. The highest BCUT2D eigenvalue weighted by Crippen LogP contribution is 2.29. The molecule has 0 aliphatic carbocycles. The molecule has 0 saturated heterocycles. The number of rotatable bonds is 7. The molecule has 5 nitrogen and oxygen atoms in total. The van der Waals surface area contributed by atoms with Gasteiger partial charge >= 0.3 is 0 Å². The first-order chi connectivity index (χ1) is 8.66.